The van der Waals surface area contributed by atoms with Crippen molar-refractivity contribution >= 4 is 29.9 Å². The lowest BCUT2D eigenvalue weighted by Crippen LogP contribution is -2.47. The van der Waals surface area contributed by atoms with Gasteiger partial charge in [-0.1, -0.05) is 19.1 Å². The molecule has 0 spiro atoms. The molecule has 1 aliphatic rings. The van der Waals surface area contributed by atoms with Gasteiger partial charge in [-0.25, -0.2) is 4.39 Å². The Morgan fingerprint density at radius 3 is 2.62 bits per heavy atom. The van der Waals surface area contributed by atoms with E-state index in [2.05, 4.69) is 34.1 Å². The number of nitrogens with one attached hydrogen (secondary N) is 1. The van der Waals surface area contributed by atoms with Crippen molar-refractivity contribution in [3.63, 3.8) is 0 Å². The smallest absolute Gasteiger partial charge is 0.193 e. The molecule has 1 aromatic carbocycles. The van der Waals surface area contributed by atoms with Gasteiger partial charge in [-0.2, -0.15) is 0 Å². The molecule has 0 aliphatic carbocycles. The highest BCUT2D eigenvalue weighted by Crippen LogP contribution is 2.07. The van der Waals surface area contributed by atoms with E-state index in [1.165, 1.54) is 6.07 Å². The van der Waals surface area contributed by atoms with Crippen molar-refractivity contribution in [3.8, 4) is 0 Å². The van der Waals surface area contributed by atoms with E-state index in [9.17, 15) is 4.39 Å². The van der Waals surface area contributed by atoms with E-state index in [0.29, 0.717) is 12.5 Å². The Bertz CT molecular complexity index is 561. The van der Waals surface area contributed by atoms with E-state index in [0.717, 1.165) is 50.8 Å². The second-order valence-corrected chi connectivity index (χ2v) is 7.12. The molecule has 1 atom stereocenters. The van der Waals surface area contributed by atoms with Crippen molar-refractivity contribution in [1.82, 2.24) is 20.0 Å². The molecule has 1 saturated heterocycles. The highest BCUT2D eigenvalue weighted by Gasteiger charge is 2.16. The minimum atomic E-state index is -0.199. The zero-order valence-corrected chi connectivity index (χ0v) is 18.7. The predicted molar refractivity (Wildman–Crippen MR) is 118 cm³/mol. The van der Waals surface area contributed by atoms with Crippen molar-refractivity contribution in [1.29, 1.82) is 0 Å². The number of aliphatic imine (C=N–C) groups is 1. The van der Waals surface area contributed by atoms with Crippen molar-refractivity contribution in [2.75, 3.05) is 60.4 Å². The summed E-state index contributed by atoms with van der Waals surface area (Å²) >= 11 is 0. The van der Waals surface area contributed by atoms with Crippen LogP contribution in [0, 0.1) is 11.7 Å². The van der Waals surface area contributed by atoms with E-state index in [1.807, 2.05) is 18.0 Å². The van der Waals surface area contributed by atoms with Crippen LogP contribution in [0.4, 0.5) is 4.39 Å². The second-order valence-electron chi connectivity index (χ2n) is 7.12. The van der Waals surface area contributed by atoms with E-state index >= 15 is 0 Å². The lowest BCUT2D eigenvalue weighted by atomic mass is 10.1. The van der Waals surface area contributed by atoms with E-state index in [4.69, 9.17) is 0 Å². The number of piperazine rings is 1. The minimum absolute atomic E-state index is 0. The lowest BCUT2D eigenvalue weighted by Gasteiger charge is -2.34. The zero-order chi connectivity index (χ0) is 18.2. The van der Waals surface area contributed by atoms with Gasteiger partial charge in [-0.05, 0) is 30.7 Å². The SMILES string of the molecule is CN=C(NCC(C)CN1CCN(C)CC1)N(C)Cc1cccc(F)c1.I. The van der Waals surface area contributed by atoms with Gasteiger partial charge in [0.25, 0.3) is 0 Å². The molecule has 1 aliphatic heterocycles. The van der Waals surface area contributed by atoms with Crippen molar-refractivity contribution in [2.45, 2.75) is 13.5 Å². The number of hydrogen-bond donors (Lipinski definition) is 1. The molecule has 1 unspecified atom stereocenters. The molecule has 1 N–H and O–H groups in total. The lowest BCUT2D eigenvalue weighted by molar-refractivity contribution is 0.139. The highest BCUT2D eigenvalue weighted by atomic mass is 127. The third-order valence-electron chi connectivity index (χ3n) is 4.66. The predicted octanol–water partition coefficient (Wildman–Crippen LogP) is 2.33. The number of guanidine groups is 1. The summed E-state index contributed by atoms with van der Waals surface area (Å²) in [6.07, 6.45) is 0. The summed E-state index contributed by atoms with van der Waals surface area (Å²) in [5, 5.41) is 3.45. The van der Waals surface area contributed by atoms with Crippen molar-refractivity contribution < 1.29 is 4.39 Å². The van der Waals surface area contributed by atoms with Gasteiger partial charge < -0.3 is 20.0 Å². The molecule has 0 amide bonds. The number of hydrogen-bond acceptors (Lipinski definition) is 3. The molecule has 1 heterocycles. The molecule has 148 valence electrons. The Labute approximate surface area is 174 Å². The van der Waals surface area contributed by atoms with Crippen molar-refractivity contribution in [3.05, 3.63) is 35.6 Å². The van der Waals surface area contributed by atoms with Crippen LogP contribution in [-0.2, 0) is 6.54 Å². The summed E-state index contributed by atoms with van der Waals surface area (Å²) in [6, 6.07) is 6.71. The fourth-order valence-electron chi connectivity index (χ4n) is 3.17. The molecule has 1 fully saturated rings. The van der Waals surface area contributed by atoms with E-state index < -0.39 is 0 Å². The average molecular weight is 477 g/mol. The quantitative estimate of drug-likeness (QED) is 0.388. The third kappa shape index (κ3) is 7.75. The van der Waals surface area contributed by atoms with Crippen LogP contribution in [0.3, 0.4) is 0 Å². The molecule has 0 saturated carbocycles. The molecule has 1 aromatic rings. The first-order chi connectivity index (χ1) is 12.0. The van der Waals surface area contributed by atoms with E-state index in [1.54, 1.807) is 19.2 Å². The number of halogens is 2. The largest absolute Gasteiger partial charge is 0.356 e. The maximum absolute atomic E-state index is 13.3. The zero-order valence-electron chi connectivity index (χ0n) is 16.4. The van der Waals surface area contributed by atoms with Crippen LogP contribution in [-0.4, -0.2) is 81.1 Å². The van der Waals surface area contributed by atoms with Gasteiger partial charge in [-0.15, -0.1) is 24.0 Å². The maximum atomic E-state index is 13.3. The summed E-state index contributed by atoms with van der Waals surface area (Å²) in [4.78, 5) is 11.3. The molecule has 26 heavy (non-hydrogen) atoms. The van der Waals surface area contributed by atoms with Gasteiger partial charge in [0, 0.05) is 59.9 Å². The first kappa shape index (κ1) is 23.1. The first-order valence-corrected chi connectivity index (χ1v) is 9.05. The fraction of sp³-hybridized carbons (Fsp3) is 0.632. The molecule has 0 bridgehead atoms. The van der Waals surface area contributed by atoms with Crippen LogP contribution < -0.4 is 5.32 Å². The second kappa shape index (κ2) is 11.7. The number of rotatable bonds is 6. The summed E-state index contributed by atoms with van der Waals surface area (Å²) in [6.45, 7) is 9.48. The van der Waals surface area contributed by atoms with Gasteiger partial charge >= 0.3 is 0 Å². The Morgan fingerprint density at radius 2 is 2.00 bits per heavy atom. The minimum Gasteiger partial charge on any atom is -0.356 e. The Balaban J connectivity index is 0.00000338. The summed E-state index contributed by atoms with van der Waals surface area (Å²) in [5.41, 5.74) is 0.941. The van der Waals surface area contributed by atoms with Gasteiger partial charge in [0.1, 0.15) is 5.82 Å². The van der Waals surface area contributed by atoms with Crippen molar-refractivity contribution in [2.24, 2.45) is 10.9 Å². The maximum Gasteiger partial charge on any atom is 0.193 e. The van der Waals surface area contributed by atoms with Crippen LogP contribution in [0.25, 0.3) is 0 Å². The van der Waals surface area contributed by atoms with Crippen LogP contribution in [0.2, 0.25) is 0 Å². The Hall–Kier alpha value is -0.930. The van der Waals surface area contributed by atoms with Crippen LogP contribution in [0.15, 0.2) is 29.3 Å². The third-order valence-corrected chi connectivity index (χ3v) is 4.66. The molecule has 0 radical (unpaired) electrons. The molecule has 2 rings (SSSR count). The van der Waals surface area contributed by atoms with Crippen LogP contribution in [0.1, 0.15) is 12.5 Å². The van der Waals surface area contributed by atoms with E-state index in [-0.39, 0.29) is 29.8 Å². The number of likely N-dealkylation sites (N-methyl/N-ethyl adjacent to an activating group) is 1. The summed E-state index contributed by atoms with van der Waals surface area (Å²) in [5.74, 6) is 1.19. The molecule has 0 aromatic heterocycles. The Kier molecular flexibility index (Phi) is 10.4. The average Bonchev–Trinajstić information content (AvgIpc) is 2.57. The number of benzene rings is 1. The standard InChI is InChI=1S/C19H32FN5.HI/c1-16(14-25-10-8-23(3)9-11-25)13-22-19(21-2)24(4)15-17-6-5-7-18(20)12-17;/h5-7,12,16H,8-11,13-15H2,1-4H3,(H,21,22);1H. The van der Waals surface area contributed by atoms with Crippen LogP contribution in [0.5, 0.6) is 0 Å². The normalized spacial score (nSPS) is 17.5. The fourth-order valence-corrected chi connectivity index (χ4v) is 3.17. The summed E-state index contributed by atoms with van der Waals surface area (Å²) < 4.78 is 13.3. The Morgan fingerprint density at radius 1 is 1.31 bits per heavy atom. The van der Waals surface area contributed by atoms with Gasteiger partial charge in [0.2, 0.25) is 0 Å². The van der Waals surface area contributed by atoms with Gasteiger partial charge in [0.15, 0.2) is 5.96 Å². The molecular weight excluding hydrogens is 444 g/mol. The van der Waals surface area contributed by atoms with Crippen LogP contribution >= 0.6 is 24.0 Å². The molecular formula is C19H33FIN5. The topological polar surface area (TPSA) is 34.1 Å². The first-order valence-electron chi connectivity index (χ1n) is 9.05. The van der Waals surface area contributed by atoms with Gasteiger partial charge in [0.05, 0.1) is 0 Å². The number of nitrogens with zero attached hydrogens (tertiary/aromatic N) is 4. The van der Waals surface area contributed by atoms with Gasteiger partial charge in [-0.3, -0.25) is 4.99 Å². The summed E-state index contributed by atoms with van der Waals surface area (Å²) in [7, 11) is 5.95. The molecule has 7 heteroatoms. The molecule has 5 nitrogen and oxygen atoms in total. The highest BCUT2D eigenvalue weighted by molar-refractivity contribution is 14.0. The monoisotopic (exact) mass is 477 g/mol.